The van der Waals surface area contributed by atoms with Gasteiger partial charge >= 0.3 is 0 Å². The third-order valence-corrected chi connectivity index (χ3v) is 7.25. The Balaban J connectivity index is 1.45. The summed E-state index contributed by atoms with van der Waals surface area (Å²) in [4.78, 5) is 19.4. The second-order valence-corrected chi connectivity index (χ2v) is 9.61. The fraction of sp³-hybridized carbons (Fsp3) is 0.250. The van der Waals surface area contributed by atoms with E-state index in [1.165, 1.54) is 23.5 Å². The Morgan fingerprint density at radius 1 is 1.06 bits per heavy atom. The van der Waals surface area contributed by atoms with Crippen LogP contribution < -0.4 is 14.5 Å². The van der Waals surface area contributed by atoms with Crippen LogP contribution in [0.15, 0.2) is 77.8 Å². The fourth-order valence-corrected chi connectivity index (χ4v) is 4.79. The first-order chi connectivity index (χ1) is 15.9. The number of hydrogen-bond donors (Lipinski definition) is 1. The van der Waals surface area contributed by atoms with Gasteiger partial charge in [0, 0.05) is 38.4 Å². The van der Waals surface area contributed by atoms with Crippen molar-refractivity contribution in [3.8, 4) is 0 Å². The lowest BCUT2D eigenvalue weighted by molar-refractivity contribution is 0.0950. The summed E-state index contributed by atoms with van der Waals surface area (Å²) in [7, 11) is -2.31. The van der Waals surface area contributed by atoms with Crippen LogP contribution in [0.4, 0.5) is 11.5 Å². The molecule has 0 radical (unpaired) electrons. The van der Waals surface area contributed by atoms with Crippen molar-refractivity contribution in [1.82, 2.24) is 10.3 Å². The number of benzene rings is 2. The molecule has 1 aliphatic heterocycles. The van der Waals surface area contributed by atoms with Crippen LogP contribution in [0.5, 0.6) is 0 Å². The predicted molar refractivity (Wildman–Crippen MR) is 127 cm³/mol. The van der Waals surface area contributed by atoms with Crippen molar-refractivity contribution in [3.63, 3.8) is 0 Å². The third-order valence-electron chi connectivity index (χ3n) is 5.47. The highest BCUT2D eigenvalue weighted by Gasteiger charge is 2.22. The van der Waals surface area contributed by atoms with Gasteiger partial charge < -0.3 is 15.0 Å². The van der Waals surface area contributed by atoms with Crippen molar-refractivity contribution in [2.45, 2.75) is 11.4 Å². The molecule has 0 spiro atoms. The van der Waals surface area contributed by atoms with Gasteiger partial charge in [-0.2, -0.15) is 0 Å². The summed E-state index contributed by atoms with van der Waals surface area (Å²) in [5, 5.41) is 2.87. The standard InChI is InChI=1S/C24H26N4O4S/c1-27(21-7-3-2-4-8-21)33(30,31)22-9-5-6-20(17-22)24(29)26-18-19-10-11-25-23(16-19)28-12-14-32-15-13-28/h2-11,16-17H,12-15,18H2,1H3,(H,26,29). The Labute approximate surface area is 193 Å². The molecule has 9 heteroatoms. The molecular weight excluding hydrogens is 440 g/mol. The van der Waals surface area contributed by atoms with Gasteiger partial charge in [0.25, 0.3) is 15.9 Å². The summed E-state index contributed by atoms with van der Waals surface area (Å²) < 4.78 is 32.7. The van der Waals surface area contributed by atoms with Gasteiger partial charge in [-0.25, -0.2) is 13.4 Å². The molecule has 172 valence electrons. The van der Waals surface area contributed by atoms with Crippen LogP contribution in [0, 0.1) is 0 Å². The Kier molecular flexibility index (Phi) is 6.90. The number of nitrogens with one attached hydrogen (secondary N) is 1. The van der Waals surface area contributed by atoms with Gasteiger partial charge in [0.15, 0.2) is 0 Å². The van der Waals surface area contributed by atoms with Crippen molar-refractivity contribution in [2.75, 3.05) is 42.6 Å². The molecule has 0 atom stereocenters. The average molecular weight is 467 g/mol. The summed E-state index contributed by atoms with van der Waals surface area (Å²) in [6, 6.07) is 18.7. The zero-order chi connectivity index (χ0) is 23.3. The molecular formula is C24H26N4O4S. The van der Waals surface area contributed by atoms with E-state index in [-0.39, 0.29) is 16.4 Å². The average Bonchev–Trinajstić information content (AvgIpc) is 2.88. The number of amides is 1. The molecule has 33 heavy (non-hydrogen) atoms. The molecule has 4 rings (SSSR count). The number of carbonyl (C=O) groups is 1. The minimum absolute atomic E-state index is 0.0556. The smallest absolute Gasteiger partial charge is 0.264 e. The summed E-state index contributed by atoms with van der Waals surface area (Å²) in [5.74, 6) is 0.501. The lowest BCUT2D eigenvalue weighted by Crippen LogP contribution is -2.36. The van der Waals surface area contributed by atoms with E-state index in [1.807, 2.05) is 18.2 Å². The van der Waals surface area contributed by atoms with Crippen molar-refractivity contribution < 1.29 is 17.9 Å². The number of carbonyl (C=O) groups excluding carboxylic acids is 1. The molecule has 8 nitrogen and oxygen atoms in total. The first kappa shape index (κ1) is 22.8. The second-order valence-electron chi connectivity index (χ2n) is 7.64. The molecule has 0 aliphatic carbocycles. The third kappa shape index (κ3) is 5.32. The number of para-hydroxylation sites is 1. The second kappa shape index (κ2) is 10.0. The number of morpholine rings is 1. The Morgan fingerprint density at radius 3 is 2.58 bits per heavy atom. The number of hydrogen-bond acceptors (Lipinski definition) is 6. The van der Waals surface area contributed by atoms with E-state index >= 15 is 0 Å². The summed E-state index contributed by atoms with van der Waals surface area (Å²) in [6.45, 7) is 3.20. The number of pyridine rings is 1. The highest BCUT2D eigenvalue weighted by molar-refractivity contribution is 7.92. The lowest BCUT2D eigenvalue weighted by Gasteiger charge is -2.28. The molecule has 1 aliphatic rings. The molecule has 0 saturated carbocycles. The molecule has 1 saturated heterocycles. The number of aromatic nitrogens is 1. The molecule has 1 amide bonds. The van der Waals surface area contributed by atoms with Gasteiger partial charge in [-0.1, -0.05) is 24.3 Å². The van der Waals surface area contributed by atoms with Crippen LogP contribution in [0.1, 0.15) is 15.9 Å². The SMILES string of the molecule is CN(c1ccccc1)S(=O)(=O)c1cccc(C(=O)NCc2ccnc(N3CCOCC3)c2)c1. The van der Waals surface area contributed by atoms with E-state index in [0.29, 0.717) is 25.4 Å². The quantitative estimate of drug-likeness (QED) is 0.576. The van der Waals surface area contributed by atoms with Crippen LogP contribution in [-0.4, -0.2) is 52.7 Å². The van der Waals surface area contributed by atoms with Gasteiger partial charge in [0.1, 0.15) is 5.82 Å². The van der Waals surface area contributed by atoms with E-state index in [1.54, 1.807) is 42.6 Å². The summed E-state index contributed by atoms with van der Waals surface area (Å²) >= 11 is 0. The Morgan fingerprint density at radius 2 is 1.82 bits per heavy atom. The topological polar surface area (TPSA) is 91.8 Å². The highest BCUT2D eigenvalue weighted by atomic mass is 32.2. The van der Waals surface area contributed by atoms with Crippen LogP contribution in [0.3, 0.4) is 0 Å². The normalized spacial score (nSPS) is 14.0. The molecule has 3 aromatic rings. The first-order valence-electron chi connectivity index (χ1n) is 10.6. The van der Waals surface area contributed by atoms with Gasteiger partial charge in [-0.15, -0.1) is 0 Å². The molecule has 0 bridgehead atoms. The number of anilines is 2. The van der Waals surface area contributed by atoms with Gasteiger partial charge in [0.2, 0.25) is 0 Å². The minimum atomic E-state index is -3.80. The molecule has 1 aromatic heterocycles. The number of ether oxygens (including phenoxy) is 1. The molecule has 2 aromatic carbocycles. The van der Waals surface area contributed by atoms with Gasteiger partial charge in [0.05, 0.1) is 23.8 Å². The van der Waals surface area contributed by atoms with Crippen molar-refractivity contribution in [2.24, 2.45) is 0 Å². The number of rotatable bonds is 7. The van der Waals surface area contributed by atoms with Gasteiger partial charge in [-0.3, -0.25) is 9.10 Å². The molecule has 1 fully saturated rings. The minimum Gasteiger partial charge on any atom is -0.378 e. The highest BCUT2D eigenvalue weighted by Crippen LogP contribution is 2.22. The van der Waals surface area contributed by atoms with Gasteiger partial charge in [-0.05, 0) is 48.0 Å². The first-order valence-corrected chi connectivity index (χ1v) is 12.1. The molecule has 0 unspecified atom stereocenters. The summed E-state index contributed by atoms with van der Waals surface area (Å²) in [6.07, 6.45) is 1.72. The largest absolute Gasteiger partial charge is 0.378 e. The monoisotopic (exact) mass is 466 g/mol. The molecule has 2 heterocycles. The van der Waals surface area contributed by atoms with E-state index in [2.05, 4.69) is 15.2 Å². The Hall–Kier alpha value is -3.43. The fourth-order valence-electron chi connectivity index (χ4n) is 3.55. The van der Waals surface area contributed by atoms with Crippen LogP contribution >= 0.6 is 0 Å². The van der Waals surface area contributed by atoms with E-state index in [9.17, 15) is 13.2 Å². The maximum atomic E-state index is 13.0. The number of sulfonamides is 1. The van der Waals surface area contributed by atoms with Crippen molar-refractivity contribution >= 4 is 27.4 Å². The van der Waals surface area contributed by atoms with Crippen molar-refractivity contribution in [3.05, 3.63) is 84.1 Å². The zero-order valence-electron chi connectivity index (χ0n) is 18.3. The maximum Gasteiger partial charge on any atom is 0.264 e. The van der Waals surface area contributed by atoms with Crippen LogP contribution in [0.25, 0.3) is 0 Å². The van der Waals surface area contributed by atoms with Crippen LogP contribution in [0.2, 0.25) is 0 Å². The molecule has 1 N–H and O–H groups in total. The van der Waals surface area contributed by atoms with E-state index < -0.39 is 10.0 Å². The van der Waals surface area contributed by atoms with E-state index in [4.69, 9.17) is 4.74 Å². The Bertz CT molecular complexity index is 1210. The predicted octanol–water partition coefficient (Wildman–Crippen LogP) is 2.67. The number of nitrogens with zero attached hydrogens (tertiary/aromatic N) is 3. The van der Waals surface area contributed by atoms with Crippen LogP contribution in [-0.2, 0) is 21.3 Å². The summed E-state index contributed by atoms with van der Waals surface area (Å²) in [5.41, 5.74) is 1.73. The van der Waals surface area contributed by atoms with E-state index in [0.717, 1.165) is 24.5 Å². The maximum absolute atomic E-state index is 13.0. The lowest BCUT2D eigenvalue weighted by atomic mass is 10.2. The van der Waals surface area contributed by atoms with Crippen molar-refractivity contribution in [1.29, 1.82) is 0 Å². The zero-order valence-corrected chi connectivity index (χ0v) is 19.2.